The molecule has 4 N–H and O–H groups in total. The van der Waals surface area contributed by atoms with E-state index in [0.29, 0.717) is 23.5 Å². The Balaban J connectivity index is 2.13. The highest BCUT2D eigenvalue weighted by Gasteiger charge is 2.37. The van der Waals surface area contributed by atoms with E-state index < -0.39 is 13.5 Å². The lowest BCUT2D eigenvalue weighted by molar-refractivity contribution is 0.100. The van der Waals surface area contributed by atoms with Crippen molar-refractivity contribution < 1.29 is 9.36 Å². The molecule has 0 atom stereocenters. The Morgan fingerprint density at radius 2 is 1.65 bits per heavy atom. The molecule has 0 bridgehead atoms. The average molecular weight is 458 g/mol. The molecule has 7 nitrogen and oxygen atoms in total. The van der Waals surface area contributed by atoms with Crippen molar-refractivity contribution in [1.82, 2.24) is 9.34 Å². The SMILES string of the molecule is CN(C)P(=O)(N(C)C)N(Cc1ccc(C(N)=O)cc1)c1cc(-c2cccs2)ccc1N. The summed E-state index contributed by atoms with van der Waals surface area (Å²) in [6.45, 7) is 0.338. The number of rotatable bonds is 8. The molecule has 9 heteroatoms. The van der Waals surface area contributed by atoms with E-state index >= 15 is 0 Å². The molecule has 1 aromatic heterocycles. The third-order valence-corrected chi connectivity index (χ3v) is 9.03. The summed E-state index contributed by atoms with van der Waals surface area (Å²) in [7, 11) is 4.00. The van der Waals surface area contributed by atoms with E-state index in [2.05, 4.69) is 0 Å². The first kappa shape index (κ1) is 23.0. The Kier molecular flexibility index (Phi) is 6.86. The average Bonchev–Trinajstić information content (AvgIpc) is 3.27. The Bertz CT molecular complexity index is 1090. The number of primary amides is 1. The van der Waals surface area contributed by atoms with Crippen molar-refractivity contribution in [3.05, 3.63) is 71.1 Å². The molecule has 31 heavy (non-hydrogen) atoms. The van der Waals surface area contributed by atoms with Crippen molar-refractivity contribution in [3.63, 3.8) is 0 Å². The molecule has 1 heterocycles. The normalized spacial score (nSPS) is 11.8. The zero-order valence-electron chi connectivity index (χ0n) is 18.1. The van der Waals surface area contributed by atoms with E-state index in [-0.39, 0.29) is 0 Å². The number of benzene rings is 2. The van der Waals surface area contributed by atoms with Crippen LogP contribution in [0.15, 0.2) is 60.0 Å². The minimum atomic E-state index is -3.18. The number of carbonyl (C=O) groups is 1. The summed E-state index contributed by atoms with van der Waals surface area (Å²) in [5.74, 6) is -0.483. The van der Waals surface area contributed by atoms with E-state index in [1.165, 1.54) is 0 Å². The van der Waals surface area contributed by atoms with Gasteiger partial charge in [-0.2, -0.15) is 0 Å². The maximum absolute atomic E-state index is 14.3. The Morgan fingerprint density at radius 3 is 2.16 bits per heavy atom. The molecule has 0 fully saturated rings. The summed E-state index contributed by atoms with van der Waals surface area (Å²) in [5, 5.41) is 2.02. The lowest BCUT2D eigenvalue weighted by Crippen LogP contribution is -2.35. The van der Waals surface area contributed by atoms with Gasteiger partial charge in [-0.25, -0.2) is 9.34 Å². The van der Waals surface area contributed by atoms with Crippen molar-refractivity contribution in [3.8, 4) is 10.4 Å². The molecule has 0 saturated heterocycles. The first-order chi connectivity index (χ1) is 14.6. The zero-order valence-corrected chi connectivity index (χ0v) is 19.9. The lowest BCUT2D eigenvalue weighted by atomic mass is 10.1. The van der Waals surface area contributed by atoms with Crippen molar-refractivity contribution in [2.24, 2.45) is 5.73 Å². The lowest BCUT2D eigenvalue weighted by Gasteiger charge is -2.41. The van der Waals surface area contributed by atoms with Crippen LogP contribution in [0, 0.1) is 0 Å². The maximum atomic E-state index is 14.3. The second kappa shape index (κ2) is 9.24. The molecule has 0 aliphatic rings. The van der Waals surface area contributed by atoms with Gasteiger partial charge in [0.15, 0.2) is 0 Å². The van der Waals surface area contributed by atoms with Crippen molar-refractivity contribution in [2.75, 3.05) is 38.6 Å². The summed E-state index contributed by atoms with van der Waals surface area (Å²) < 4.78 is 19.6. The summed E-state index contributed by atoms with van der Waals surface area (Å²) in [6.07, 6.45) is 0. The van der Waals surface area contributed by atoms with E-state index in [1.807, 2.05) is 52.5 Å². The number of carbonyl (C=O) groups excluding carboxylic acids is 1. The van der Waals surface area contributed by atoms with Crippen LogP contribution in [0.3, 0.4) is 0 Å². The van der Waals surface area contributed by atoms with Gasteiger partial charge in [-0.3, -0.25) is 14.0 Å². The fourth-order valence-corrected chi connectivity index (χ4v) is 6.52. The van der Waals surface area contributed by atoms with Crippen molar-refractivity contribution in [1.29, 1.82) is 0 Å². The highest BCUT2D eigenvalue weighted by atomic mass is 32.1. The number of anilines is 2. The highest BCUT2D eigenvalue weighted by molar-refractivity contribution is 7.60. The number of hydrogen-bond donors (Lipinski definition) is 2. The predicted octanol–water partition coefficient (Wildman–Crippen LogP) is 4.33. The molecule has 3 rings (SSSR count). The summed E-state index contributed by atoms with van der Waals surface area (Å²) in [4.78, 5) is 12.5. The van der Waals surface area contributed by atoms with Crippen LogP contribution in [0.25, 0.3) is 10.4 Å². The number of nitrogens with two attached hydrogens (primary N) is 2. The van der Waals surface area contributed by atoms with Gasteiger partial charge in [-0.05, 0) is 75.0 Å². The van der Waals surface area contributed by atoms with Crippen LogP contribution in [-0.4, -0.2) is 43.4 Å². The summed E-state index contributed by atoms with van der Waals surface area (Å²) >= 11 is 1.64. The Labute approximate surface area is 187 Å². The van der Waals surface area contributed by atoms with Crippen LogP contribution < -0.4 is 16.1 Å². The standard InChI is InChI=1S/C22H28N5O2PS/c1-25(2)30(29,26(3)4)27(15-16-7-9-17(10-8-16)22(24)28)20-14-18(11-12-19(20)23)21-6-5-13-31-21/h5-14H,15,23H2,1-4H3,(H2,24,28). The van der Waals surface area contributed by atoms with Gasteiger partial charge < -0.3 is 11.5 Å². The molecular weight excluding hydrogens is 429 g/mol. The van der Waals surface area contributed by atoms with Gasteiger partial charge >= 0.3 is 7.59 Å². The monoisotopic (exact) mass is 457 g/mol. The second-order valence-electron chi connectivity index (χ2n) is 7.58. The van der Waals surface area contributed by atoms with Gasteiger partial charge in [0.2, 0.25) is 5.91 Å². The number of nitrogen functional groups attached to an aromatic ring is 1. The van der Waals surface area contributed by atoms with Crippen molar-refractivity contribution in [2.45, 2.75) is 6.54 Å². The maximum Gasteiger partial charge on any atom is 0.310 e. The van der Waals surface area contributed by atoms with Crippen LogP contribution in [0.1, 0.15) is 15.9 Å². The predicted molar refractivity (Wildman–Crippen MR) is 130 cm³/mol. The fraction of sp³-hybridized carbons (Fsp3) is 0.227. The number of amides is 1. The summed E-state index contributed by atoms with van der Waals surface area (Å²) in [6, 6.07) is 16.9. The van der Waals surface area contributed by atoms with E-state index in [9.17, 15) is 9.36 Å². The van der Waals surface area contributed by atoms with Gasteiger partial charge in [-0.15, -0.1) is 11.3 Å². The Hall–Kier alpha value is -2.64. The minimum Gasteiger partial charge on any atom is -0.397 e. The molecule has 164 valence electrons. The number of hydrogen-bond acceptors (Lipinski definition) is 4. The number of thiophene rings is 1. The van der Waals surface area contributed by atoms with Crippen LogP contribution in [0.4, 0.5) is 11.4 Å². The zero-order chi connectivity index (χ0) is 22.8. The van der Waals surface area contributed by atoms with Gasteiger partial charge in [0.25, 0.3) is 0 Å². The third kappa shape index (κ3) is 4.67. The van der Waals surface area contributed by atoms with Gasteiger partial charge in [0.05, 0.1) is 17.9 Å². The second-order valence-corrected chi connectivity index (χ2v) is 11.6. The first-order valence-electron chi connectivity index (χ1n) is 9.70. The van der Waals surface area contributed by atoms with Gasteiger partial charge in [-0.1, -0.05) is 24.3 Å². The smallest absolute Gasteiger partial charge is 0.310 e. The van der Waals surface area contributed by atoms with Crippen LogP contribution >= 0.6 is 18.9 Å². The number of nitrogens with zero attached hydrogens (tertiary/aromatic N) is 3. The van der Waals surface area contributed by atoms with Crippen molar-refractivity contribution >= 4 is 36.2 Å². The van der Waals surface area contributed by atoms with Crippen LogP contribution in [0.2, 0.25) is 0 Å². The summed E-state index contributed by atoms with van der Waals surface area (Å²) in [5.41, 5.74) is 15.3. The van der Waals surface area contributed by atoms with E-state index in [1.54, 1.807) is 61.0 Å². The third-order valence-electron chi connectivity index (χ3n) is 5.04. The van der Waals surface area contributed by atoms with Gasteiger partial charge in [0, 0.05) is 10.4 Å². The highest BCUT2D eigenvalue weighted by Crippen LogP contribution is 2.57. The minimum absolute atomic E-state index is 0.338. The molecule has 2 aromatic carbocycles. The molecule has 1 amide bonds. The Morgan fingerprint density at radius 1 is 1.00 bits per heavy atom. The largest absolute Gasteiger partial charge is 0.397 e. The quantitative estimate of drug-likeness (QED) is 0.386. The molecule has 0 aliphatic heterocycles. The molecule has 0 radical (unpaired) electrons. The van der Waals surface area contributed by atoms with E-state index in [4.69, 9.17) is 11.5 Å². The molecule has 3 aromatic rings. The van der Waals surface area contributed by atoms with Gasteiger partial charge in [0.1, 0.15) is 0 Å². The van der Waals surface area contributed by atoms with E-state index in [0.717, 1.165) is 16.0 Å². The molecule has 0 spiro atoms. The molecule has 0 saturated carbocycles. The fourth-order valence-electron chi connectivity index (χ4n) is 3.42. The molecule has 0 unspecified atom stereocenters. The topological polar surface area (TPSA) is 95.9 Å². The molecular formula is C22H28N5O2PS. The van der Waals surface area contributed by atoms with Crippen LogP contribution in [-0.2, 0) is 11.1 Å². The molecule has 0 aliphatic carbocycles. The van der Waals surface area contributed by atoms with Crippen LogP contribution in [0.5, 0.6) is 0 Å². The first-order valence-corrected chi connectivity index (χ1v) is 12.1.